The minimum Gasteiger partial charge on any atom is -0.301 e. The zero-order valence-corrected chi connectivity index (χ0v) is 15.1. The normalized spacial score (nSPS) is 12.2. The molecule has 0 aliphatic carbocycles. The zero-order chi connectivity index (χ0) is 16.1. The minimum atomic E-state index is 0.0765. The molecule has 0 aliphatic heterocycles. The molecule has 2 aromatic heterocycles. The number of anilines is 1. The predicted octanol–water partition coefficient (Wildman–Crippen LogP) is 4.35. The number of thiazole rings is 1. The van der Waals surface area contributed by atoms with Crippen molar-refractivity contribution in [3.63, 3.8) is 0 Å². The quantitative estimate of drug-likeness (QED) is 0.772. The summed E-state index contributed by atoms with van der Waals surface area (Å²) < 4.78 is 0. The number of rotatable bonds is 6. The molecular weight excluding hydrogens is 338 g/mol. The van der Waals surface area contributed by atoms with Crippen LogP contribution in [0.2, 0.25) is 5.15 Å². The van der Waals surface area contributed by atoms with Crippen LogP contribution in [0.15, 0.2) is 24.5 Å². The third-order valence-electron chi connectivity index (χ3n) is 3.20. The van der Waals surface area contributed by atoms with Crippen molar-refractivity contribution < 1.29 is 4.79 Å². The third-order valence-corrected chi connectivity index (χ3v) is 5.68. The Morgan fingerprint density at radius 2 is 2.32 bits per heavy atom. The molecule has 1 unspecified atom stereocenters. The Hall–Kier alpha value is -1.11. The molecule has 7 heteroatoms. The highest BCUT2D eigenvalue weighted by molar-refractivity contribution is 7.99. The van der Waals surface area contributed by atoms with Gasteiger partial charge in [-0.25, -0.2) is 4.98 Å². The Balaban J connectivity index is 2.27. The first-order valence-electron chi connectivity index (χ1n) is 6.96. The van der Waals surface area contributed by atoms with Gasteiger partial charge in [0, 0.05) is 36.2 Å². The van der Waals surface area contributed by atoms with Gasteiger partial charge in [0.05, 0.1) is 0 Å². The minimum absolute atomic E-state index is 0.0765. The van der Waals surface area contributed by atoms with E-state index in [1.54, 1.807) is 29.1 Å². The highest BCUT2D eigenvalue weighted by Crippen LogP contribution is 2.37. The molecule has 0 N–H and O–H groups in total. The number of nitrogens with zero attached hydrogens (tertiary/aromatic N) is 3. The van der Waals surface area contributed by atoms with Crippen LogP contribution in [0.25, 0.3) is 10.6 Å². The van der Waals surface area contributed by atoms with Crippen LogP contribution in [0.5, 0.6) is 0 Å². The highest BCUT2D eigenvalue weighted by atomic mass is 35.5. The molecule has 2 rings (SSSR count). The Bertz CT molecular complexity index is 633. The molecule has 2 heterocycles. The van der Waals surface area contributed by atoms with Crippen LogP contribution in [-0.4, -0.2) is 33.9 Å². The molecule has 118 valence electrons. The van der Waals surface area contributed by atoms with Crippen LogP contribution in [0.3, 0.4) is 0 Å². The number of aromatic nitrogens is 2. The van der Waals surface area contributed by atoms with Crippen molar-refractivity contribution >= 4 is 45.6 Å². The molecule has 0 aromatic carbocycles. The van der Waals surface area contributed by atoms with Gasteiger partial charge < -0.3 is 4.90 Å². The van der Waals surface area contributed by atoms with Gasteiger partial charge in [-0.05, 0) is 25.3 Å². The second-order valence-corrected chi connectivity index (χ2v) is 7.36. The molecule has 0 radical (unpaired) electrons. The zero-order valence-electron chi connectivity index (χ0n) is 12.7. The summed E-state index contributed by atoms with van der Waals surface area (Å²) in [6.07, 6.45) is 5.96. The van der Waals surface area contributed by atoms with E-state index in [0.29, 0.717) is 23.1 Å². The van der Waals surface area contributed by atoms with Crippen molar-refractivity contribution in [2.24, 2.45) is 0 Å². The number of halogens is 1. The molecule has 4 nitrogen and oxygen atoms in total. The summed E-state index contributed by atoms with van der Waals surface area (Å²) >= 11 is 9.37. The molecule has 1 atom stereocenters. The molecule has 2 aromatic rings. The summed E-state index contributed by atoms with van der Waals surface area (Å²) in [7, 11) is 0. The van der Waals surface area contributed by atoms with Gasteiger partial charge in [-0.2, -0.15) is 11.8 Å². The number of hydrogen-bond acceptors (Lipinski definition) is 5. The lowest BCUT2D eigenvalue weighted by Crippen LogP contribution is -2.31. The Morgan fingerprint density at radius 1 is 1.55 bits per heavy atom. The maximum absolute atomic E-state index is 12.5. The molecule has 22 heavy (non-hydrogen) atoms. The van der Waals surface area contributed by atoms with Crippen molar-refractivity contribution in [1.29, 1.82) is 0 Å². The van der Waals surface area contributed by atoms with E-state index in [0.717, 1.165) is 10.6 Å². The Morgan fingerprint density at radius 3 is 2.91 bits per heavy atom. The van der Waals surface area contributed by atoms with Gasteiger partial charge in [0.2, 0.25) is 5.91 Å². The SMILES string of the molecule is CCN(C(=O)CC(C)SC)c1sc(-c2cccnc2)nc1Cl. The monoisotopic (exact) mass is 355 g/mol. The molecule has 0 saturated heterocycles. The fraction of sp³-hybridized carbons (Fsp3) is 0.400. The number of thioether (sulfide) groups is 1. The summed E-state index contributed by atoms with van der Waals surface area (Å²) in [4.78, 5) is 22.6. The molecule has 1 amide bonds. The maximum Gasteiger partial charge on any atom is 0.228 e. The number of carbonyl (C=O) groups excluding carboxylic acids is 1. The van der Waals surface area contributed by atoms with Crippen molar-refractivity contribution in [3.05, 3.63) is 29.7 Å². The van der Waals surface area contributed by atoms with Gasteiger partial charge in [0.15, 0.2) is 5.15 Å². The average molecular weight is 356 g/mol. The summed E-state index contributed by atoms with van der Waals surface area (Å²) in [5, 5.41) is 2.14. The average Bonchev–Trinajstić information content (AvgIpc) is 2.91. The number of pyridine rings is 1. The second kappa shape index (κ2) is 7.94. The van der Waals surface area contributed by atoms with E-state index >= 15 is 0 Å². The number of carbonyl (C=O) groups is 1. The predicted molar refractivity (Wildman–Crippen MR) is 96.0 cm³/mol. The lowest BCUT2D eigenvalue weighted by Gasteiger charge is -2.20. The van der Waals surface area contributed by atoms with Crippen LogP contribution in [0.1, 0.15) is 20.3 Å². The largest absolute Gasteiger partial charge is 0.301 e. The van der Waals surface area contributed by atoms with Gasteiger partial charge in [0.25, 0.3) is 0 Å². The number of amides is 1. The van der Waals surface area contributed by atoms with Crippen molar-refractivity contribution in [2.45, 2.75) is 25.5 Å². The van der Waals surface area contributed by atoms with E-state index in [2.05, 4.69) is 9.97 Å². The maximum atomic E-state index is 12.5. The first-order valence-corrected chi connectivity index (χ1v) is 9.44. The fourth-order valence-corrected chi connectivity index (χ4v) is 3.64. The van der Waals surface area contributed by atoms with Crippen molar-refractivity contribution in [2.75, 3.05) is 17.7 Å². The molecule has 0 saturated carbocycles. The summed E-state index contributed by atoms with van der Waals surface area (Å²) in [6, 6.07) is 3.78. The van der Waals surface area contributed by atoms with E-state index in [1.807, 2.05) is 32.2 Å². The standard InChI is InChI=1S/C15H18ClN3OS2/c1-4-19(12(20)8-10(2)21-3)15-13(16)18-14(22-15)11-6-5-7-17-9-11/h5-7,9-10H,4,8H2,1-3H3. The van der Waals surface area contributed by atoms with E-state index in [9.17, 15) is 4.79 Å². The smallest absolute Gasteiger partial charge is 0.228 e. The summed E-state index contributed by atoms with van der Waals surface area (Å²) in [6.45, 7) is 4.57. The molecule has 0 bridgehead atoms. The van der Waals surface area contributed by atoms with Crippen LogP contribution < -0.4 is 4.90 Å². The van der Waals surface area contributed by atoms with Crippen molar-refractivity contribution in [3.8, 4) is 10.6 Å². The summed E-state index contributed by atoms with van der Waals surface area (Å²) in [5.41, 5.74) is 0.904. The van der Waals surface area contributed by atoms with Crippen molar-refractivity contribution in [1.82, 2.24) is 9.97 Å². The fourth-order valence-electron chi connectivity index (χ4n) is 1.95. The lowest BCUT2D eigenvalue weighted by atomic mass is 10.3. The second-order valence-electron chi connectivity index (χ2n) is 4.75. The van der Waals surface area contributed by atoms with Gasteiger partial charge >= 0.3 is 0 Å². The number of hydrogen-bond donors (Lipinski definition) is 0. The lowest BCUT2D eigenvalue weighted by molar-refractivity contribution is -0.118. The van der Waals surface area contributed by atoms with Crippen LogP contribution in [-0.2, 0) is 4.79 Å². The van der Waals surface area contributed by atoms with Gasteiger partial charge in [-0.1, -0.05) is 29.9 Å². The Kier molecular flexibility index (Phi) is 6.23. The molecule has 0 aliphatic rings. The summed E-state index contributed by atoms with van der Waals surface area (Å²) in [5.74, 6) is 0.0765. The van der Waals surface area contributed by atoms with Gasteiger partial charge in [0.1, 0.15) is 10.0 Å². The van der Waals surface area contributed by atoms with Crippen LogP contribution in [0, 0.1) is 0 Å². The van der Waals surface area contributed by atoms with Crippen LogP contribution in [0.4, 0.5) is 5.00 Å². The first kappa shape index (κ1) is 17.2. The van der Waals surface area contributed by atoms with E-state index in [1.165, 1.54) is 11.3 Å². The topological polar surface area (TPSA) is 46.1 Å². The van der Waals surface area contributed by atoms with E-state index in [-0.39, 0.29) is 11.2 Å². The van der Waals surface area contributed by atoms with E-state index < -0.39 is 0 Å². The van der Waals surface area contributed by atoms with Gasteiger partial charge in [-0.3, -0.25) is 9.78 Å². The molecular formula is C15H18ClN3OS2. The first-order chi connectivity index (χ1) is 10.6. The Labute approximate surface area is 143 Å². The highest BCUT2D eigenvalue weighted by Gasteiger charge is 2.22. The molecule has 0 fully saturated rings. The van der Waals surface area contributed by atoms with Crippen LogP contribution >= 0.6 is 34.7 Å². The molecule has 0 spiro atoms. The van der Waals surface area contributed by atoms with E-state index in [4.69, 9.17) is 11.6 Å². The van der Waals surface area contributed by atoms with Gasteiger partial charge in [-0.15, -0.1) is 0 Å². The third kappa shape index (κ3) is 4.00.